The van der Waals surface area contributed by atoms with Crippen LogP contribution in [0.5, 0.6) is 23.0 Å². The summed E-state index contributed by atoms with van der Waals surface area (Å²) in [5, 5.41) is 7.85. The molecular formula is C35H41IN3O9. The van der Waals surface area contributed by atoms with Crippen LogP contribution in [-0.2, 0) is 36.7 Å². The van der Waals surface area contributed by atoms with Gasteiger partial charge in [-0.05, 0) is 104 Å². The van der Waals surface area contributed by atoms with E-state index in [4.69, 9.17) is 18.9 Å². The lowest BCUT2D eigenvalue weighted by Gasteiger charge is -2.26. The quantitative estimate of drug-likeness (QED) is 0.156. The van der Waals surface area contributed by atoms with Crippen LogP contribution in [0.3, 0.4) is 0 Å². The van der Waals surface area contributed by atoms with E-state index in [0.29, 0.717) is 34.1 Å². The summed E-state index contributed by atoms with van der Waals surface area (Å²) in [7, 11) is 4.27. The molecule has 257 valence electrons. The Hall–Kier alpha value is -4.53. The van der Waals surface area contributed by atoms with Crippen molar-refractivity contribution in [3.63, 3.8) is 0 Å². The molecule has 0 aliphatic rings. The smallest absolute Gasteiger partial charge is 0.408 e. The van der Waals surface area contributed by atoms with Crippen LogP contribution in [0.1, 0.15) is 31.9 Å². The molecule has 0 fully saturated rings. The second-order valence-electron chi connectivity index (χ2n) is 11.6. The molecule has 3 aromatic rings. The molecule has 3 amide bonds. The van der Waals surface area contributed by atoms with Crippen molar-refractivity contribution in [1.82, 2.24) is 16.0 Å². The van der Waals surface area contributed by atoms with Crippen molar-refractivity contribution >= 4 is 46.5 Å². The average Bonchev–Trinajstić information content (AvgIpc) is 3.04. The minimum absolute atomic E-state index is 0.0505. The second kappa shape index (κ2) is 17.6. The highest BCUT2D eigenvalue weighted by Gasteiger charge is 2.30. The molecule has 0 aliphatic carbocycles. The van der Waals surface area contributed by atoms with E-state index in [9.17, 15) is 19.2 Å². The Morgan fingerprint density at radius 3 is 1.79 bits per heavy atom. The maximum Gasteiger partial charge on any atom is 0.408 e. The zero-order valence-electron chi connectivity index (χ0n) is 27.8. The number of methoxy groups -OCH3 is 3. The number of hydrogen-bond donors (Lipinski definition) is 3. The fourth-order valence-corrected chi connectivity index (χ4v) is 4.86. The van der Waals surface area contributed by atoms with Crippen molar-refractivity contribution in [2.45, 2.75) is 57.3 Å². The first-order valence-corrected chi connectivity index (χ1v) is 16.0. The zero-order valence-corrected chi connectivity index (χ0v) is 29.9. The van der Waals surface area contributed by atoms with Gasteiger partial charge in [-0.3, -0.25) is 9.59 Å². The summed E-state index contributed by atoms with van der Waals surface area (Å²) in [4.78, 5) is 52.0. The van der Waals surface area contributed by atoms with Crippen molar-refractivity contribution in [3.05, 3.63) is 88.4 Å². The molecule has 48 heavy (non-hydrogen) atoms. The molecule has 0 aromatic heterocycles. The number of alkyl carbamates (subject to hydrolysis) is 1. The molecule has 0 spiro atoms. The number of ether oxygens (including phenoxy) is 5. The molecule has 0 bridgehead atoms. The van der Waals surface area contributed by atoms with Gasteiger partial charge in [0, 0.05) is 16.4 Å². The van der Waals surface area contributed by atoms with Gasteiger partial charge in [-0.1, -0.05) is 24.3 Å². The molecule has 0 aliphatic heterocycles. The monoisotopic (exact) mass is 774 g/mol. The number of carbonyl (C=O) groups is 4. The highest BCUT2D eigenvalue weighted by Crippen LogP contribution is 2.33. The lowest BCUT2D eigenvalue weighted by Crippen LogP contribution is -2.57. The Balaban J connectivity index is 1.85. The predicted octanol–water partition coefficient (Wildman–Crippen LogP) is 4.76. The third-order valence-corrected chi connectivity index (χ3v) is 7.43. The summed E-state index contributed by atoms with van der Waals surface area (Å²) >= 11 is 2.18. The highest BCUT2D eigenvalue weighted by molar-refractivity contribution is 14.1. The summed E-state index contributed by atoms with van der Waals surface area (Å²) in [6.45, 7) is 8.73. The zero-order chi connectivity index (χ0) is 35.4. The molecule has 3 rings (SSSR count). The standard InChI is InChI=1S/C35H41IN3O9/c1-21(33(42)46-7)37-31(40)27(18-22-8-13-25(44-5)14-9-22)38-32(41)28(39-34(43)48-35(2,3)4)19-23-10-15-26(16-11-23)47-30-20-24(36)12-17-29(30)45-6/h8-17,20-21,27-28H,1,18-19H2,2-7H3,(H,37,40)(H,38,41)(H,39,43)/t21-,27-,28-/m0/s1. The molecular weight excluding hydrogens is 733 g/mol. The maximum atomic E-state index is 13.8. The Labute approximate surface area is 294 Å². The first-order chi connectivity index (χ1) is 22.7. The first-order valence-electron chi connectivity index (χ1n) is 15.0. The van der Waals surface area contributed by atoms with Gasteiger partial charge in [-0.15, -0.1) is 0 Å². The molecule has 13 heteroatoms. The largest absolute Gasteiger partial charge is 0.497 e. The van der Waals surface area contributed by atoms with Crippen LogP contribution in [0.4, 0.5) is 4.79 Å². The van der Waals surface area contributed by atoms with Gasteiger partial charge in [0.1, 0.15) is 35.2 Å². The third-order valence-electron chi connectivity index (χ3n) is 6.76. The van der Waals surface area contributed by atoms with Crippen molar-refractivity contribution in [3.8, 4) is 23.0 Å². The summed E-state index contributed by atoms with van der Waals surface area (Å²) in [6.07, 6.45) is -0.703. The van der Waals surface area contributed by atoms with Gasteiger partial charge in [0.05, 0.1) is 21.3 Å². The van der Waals surface area contributed by atoms with Gasteiger partial charge >= 0.3 is 12.1 Å². The van der Waals surface area contributed by atoms with Gasteiger partial charge < -0.3 is 39.6 Å². The summed E-state index contributed by atoms with van der Waals surface area (Å²) in [6, 6.07) is 16.0. The number of amides is 3. The first kappa shape index (κ1) is 37.9. The van der Waals surface area contributed by atoms with Crippen LogP contribution in [0.2, 0.25) is 0 Å². The normalized spacial score (nSPS) is 12.8. The SMILES string of the molecule is [CH2][C@H](NC(=O)[C@H](Cc1ccc(OC)cc1)NC(=O)[C@H](Cc1ccc(Oc2cc(I)ccc2OC)cc1)NC(=O)OC(C)(C)C)C(=O)OC. The Bertz CT molecular complexity index is 1560. The van der Waals surface area contributed by atoms with Crippen molar-refractivity contribution in [1.29, 1.82) is 0 Å². The van der Waals surface area contributed by atoms with Crippen molar-refractivity contribution in [2.24, 2.45) is 0 Å². The lowest BCUT2D eigenvalue weighted by atomic mass is 10.0. The average molecular weight is 775 g/mol. The van der Waals surface area contributed by atoms with Crippen LogP contribution < -0.4 is 30.2 Å². The van der Waals surface area contributed by atoms with Gasteiger partial charge in [-0.2, -0.15) is 0 Å². The Kier molecular flexibility index (Phi) is 13.9. The number of esters is 1. The number of hydrogen-bond acceptors (Lipinski definition) is 9. The summed E-state index contributed by atoms with van der Waals surface area (Å²) in [5.41, 5.74) is 0.563. The maximum absolute atomic E-state index is 13.8. The van der Waals surface area contributed by atoms with E-state index < -0.39 is 47.6 Å². The summed E-state index contributed by atoms with van der Waals surface area (Å²) < 4.78 is 27.7. The van der Waals surface area contributed by atoms with E-state index in [-0.39, 0.29) is 12.8 Å². The molecule has 3 atom stereocenters. The van der Waals surface area contributed by atoms with Crippen LogP contribution >= 0.6 is 22.6 Å². The van der Waals surface area contributed by atoms with Crippen molar-refractivity contribution < 1.29 is 42.9 Å². The van der Waals surface area contributed by atoms with E-state index in [2.05, 4.69) is 50.2 Å². The van der Waals surface area contributed by atoms with Gasteiger partial charge in [0.2, 0.25) is 11.8 Å². The molecule has 0 saturated heterocycles. The topological polar surface area (TPSA) is 151 Å². The van der Waals surface area contributed by atoms with Crippen LogP contribution in [0, 0.1) is 10.5 Å². The van der Waals surface area contributed by atoms with Gasteiger partial charge in [0.25, 0.3) is 0 Å². The van der Waals surface area contributed by atoms with E-state index in [1.807, 2.05) is 18.2 Å². The number of rotatable bonds is 14. The Morgan fingerprint density at radius 2 is 1.27 bits per heavy atom. The minimum atomic E-state index is -1.21. The van der Waals surface area contributed by atoms with E-state index in [1.165, 1.54) is 14.2 Å². The van der Waals surface area contributed by atoms with Crippen LogP contribution in [-0.4, -0.2) is 68.9 Å². The molecule has 1 radical (unpaired) electrons. The fraction of sp³-hybridized carbons (Fsp3) is 0.343. The van der Waals surface area contributed by atoms with E-state index >= 15 is 0 Å². The van der Waals surface area contributed by atoms with Gasteiger partial charge in [-0.25, -0.2) is 9.59 Å². The fourth-order valence-electron chi connectivity index (χ4n) is 4.40. The molecule has 3 aromatic carbocycles. The third kappa shape index (κ3) is 11.9. The Morgan fingerprint density at radius 1 is 0.729 bits per heavy atom. The predicted molar refractivity (Wildman–Crippen MR) is 187 cm³/mol. The van der Waals surface area contributed by atoms with Crippen LogP contribution in [0.15, 0.2) is 66.7 Å². The highest BCUT2D eigenvalue weighted by atomic mass is 127. The second-order valence-corrected chi connectivity index (χ2v) is 12.9. The number of carbonyl (C=O) groups excluding carboxylic acids is 4. The lowest BCUT2D eigenvalue weighted by molar-refractivity contribution is -0.144. The van der Waals surface area contributed by atoms with E-state index in [0.717, 1.165) is 3.57 Å². The van der Waals surface area contributed by atoms with Gasteiger partial charge in [0.15, 0.2) is 11.5 Å². The number of benzene rings is 3. The summed E-state index contributed by atoms with van der Waals surface area (Å²) in [5.74, 6) is 0.176. The number of nitrogens with one attached hydrogen (secondary N) is 3. The number of halogens is 1. The molecule has 0 heterocycles. The molecule has 12 nitrogen and oxygen atoms in total. The van der Waals surface area contributed by atoms with Crippen molar-refractivity contribution in [2.75, 3.05) is 21.3 Å². The molecule has 0 unspecified atom stereocenters. The van der Waals surface area contributed by atoms with E-state index in [1.54, 1.807) is 76.4 Å². The molecule has 3 N–H and O–H groups in total. The molecule has 0 saturated carbocycles. The minimum Gasteiger partial charge on any atom is -0.497 e. The van der Waals surface area contributed by atoms with Crippen LogP contribution in [0.25, 0.3) is 0 Å².